The van der Waals surface area contributed by atoms with Crippen molar-refractivity contribution in [2.24, 2.45) is 0 Å². The van der Waals surface area contributed by atoms with Crippen LogP contribution in [0.2, 0.25) is 0 Å². The van der Waals surface area contributed by atoms with E-state index in [0.29, 0.717) is 6.07 Å². The number of carbonyl (C=O) groups is 1. The Labute approximate surface area is 90.5 Å². The van der Waals surface area contributed by atoms with Gasteiger partial charge in [-0.25, -0.2) is 13.2 Å². The highest BCUT2D eigenvalue weighted by molar-refractivity contribution is 5.73. The minimum atomic E-state index is -1.32. The van der Waals surface area contributed by atoms with E-state index in [0.717, 1.165) is 6.07 Å². The van der Waals surface area contributed by atoms with Gasteiger partial charge in [-0.2, -0.15) is 0 Å². The third-order valence-electron chi connectivity index (χ3n) is 1.68. The second kappa shape index (κ2) is 5.21. The fraction of sp³-hybridized carbons (Fsp3) is 0.182. The fourth-order valence-electron chi connectivity index (χ4n) is 0.943. The van der Waals surface area contributed by atoms with Gasteiger partial charge in [0, 0.05) is 6.92 Å². The molecule has 0 atom stereocenters. The van der Waals surface area contributed by atoms with Crippen LogP contribution in [0.25, 0.3) is 0 Å². The van der Waals surface area contributed by atoms with E-state index >= 15 is 0 Å². The van der Waals surface area contributed by atoms with Crippen LogP contribution in [0.3, 0.4) is 0 Å². The third kappa shape index (κ3) is 3.02. The summed E-state index contributed by atoms with van der Waals surface area (Å²) in [6.07, 6.45) is 0. The van der Waals surface area contributed by atoms with Crippen molar-refractivity contribution in [2.75, 3.05) is 6.54 Å². The van der Waals surface area contributed by atoms with Crippen LogP contribution >= 0.6 is 0 Å². The second-order valence-electron chi connectivity index (χ2n) is 2.93. The Morgan fingerprint density at radius 2 is 1.94 bits per heavy atom. The molecule has 0 aliphatic heterocycles. The van der Waals surface area contributed by atoms with E-state index in [-0.39, 0.29) is 12.5 Å². The van der Waals surface area contributed by atoms with Gasteiger partial charge in [-0.15, -0.1) is 0 Å². The van der Waals surface area contributed by atoms with Crippen molar-refractivity contribution in [2.45, 2.75) is 6.92 Å². The highest BCUT2D eigenvalue weighted by Crippen LogP contribution is 2.14. The van der Waals surface area contributed by atoms with Crippen molar-refractivity contribution in [1.29, 1.82) is 0 Å². The smallest absolute Gasteiger partial charge is 0.217 e. The predicted molar refractivity (Wildman–Crippen MR) is 51.9 cm³/mol. The number of rotatable bonds is 1. The Morgan fingerprint density at radius 3 is 2.56 bits per heavy atom. The summed E-state index contributed by atoms with van der Waals surface area (Å²) in [5.41, 5.74) is -0.634. The Bertz CT molecular complexity index is 474. The standard InChI is InChI=1S/C11H8F3NO/c1-7(16)15-6-2-3-8-9(12)4-5-10(13)11(8)14/h4-5H,6H2,1H3,(H,15,16). The molecule has 0 radical (unpaired) electrons. The molecule has 5 heteroatoms. The first kappa shape index (κ1) is 12.1. The molecule has 0 aliphatic carbocycles. The second-order valence-corrected chi connectivity index (χ2v) is 2.93. The van der Waals surface area contributed by atoms with Gasteiger partial charge in [0.15, 0.2) is 11.6 Å². The molecular weight excluding hydrogens is 219 g/mol. The molecule has 0 aromatic heterocycles. The molecule has 1 amide bonds. The molecule has 2 nitrogen and oxygen atoms in total. The molecule has 84 valence electrons. The van der Waals surface area contributed by atoms with Crippen LogP contribution in [0, 0.1) is 29.3 Å². The van der Waals surface area contributed by atoms with Crippen molar-refractivity contribution in [1.82, 2.24) is 5.32 Å². The lowest BCUT2D eigenvalue weighted by Crippen LogP contribution is -2.19. The molecule has 0 saturated heterocycles. The summed E-state index contributed by atoms with van der Waals surface area (Å²) in [5, 5.41) is 2.32. The maximum absolute atomic E-state index is 13.0. The highest BCUT2D eigenvalue weighted by Gasteiger charge is 2.10. The Balaban J connectivity index is 2.88. The summed E-state index contributed by atoms with van der Waals surface area (Å²) in [5.74, 6) is 0.704. The van der Waals surface area contributed by atoms with Gasteiger partial charge in [0.05, 0.1) is 12.1 Å². The van der Waals surface area contributed by atoms with E-state index in [2.05, 4.69) is 17.2 Å². The van der Waals surface area contributed by atoms with Crippen LogP contribution in [0.1, 0.15) is 12.5 Å². The zero-order chi connectivity index (χ0) is 12.1. The number of hydrogen-bond acceptors (Lipinski definition) is 1. The topological polar surface area (TPSA) is 29.1 Å². The van der Waals surface area contributed by atoms with Crippen molar-refractivity contribution in [3.8, 4) is 11.8 Å². The van der Waals surface area contributed by atoms with E-state index in [1.165, 1.54) is 6.92 Å². The molecule has 1 rings (SSSR count). The van der Waals surface area contributed by atoms with Gasteiger partial charge >= 0.3 is 0 Å². The van der Waals surface area contributed by atoms with Crippen molar-refractivity contribution in [3.63, 3.8) is 0 Å². The van der Waals surface area contributed by atoms with E-state index in [9.17, 15) is 18.0 Å². The first-order valence-corrected chi connectivity index (χ1v) is 4.39. The lowest BCUT2D eigenvalue weighted by molar-refractivity contribution is -0.118. The minimum absolute atomic E-state index is 0.0509. The quantitative estimate of drug-likeness (QED) is 0.573. The third-order valence-corrected chi connectivity index (χ3v) is 1.68. The number of halogens is 3. The van der Waals surface area contributed by atoms with Gasteiger partial charge in [0.2, 0.25) is 5.91 Å². The first-order chi connectivity index (χ1) is 7.52. The lowest BCUT2D eigenvalue weighted by Gasteiger charge is -1.97. The van der Waals surface area contributed by atoms with Crippen molar-refractivity contribution >= 4 is 5.91 Å². The van der Waals surface area contributed by atoms with Gasteiger partial charge in [-0.3, -0.25) is 4.79 Å². The van der Waals surface area contributed by atoms with E-state index in [1.54, 1.807) is 0 Å². The number of nitrogens with one attached hydrogen (secondary N) is 1. The molecule has 1 aromatic carbocycles. The van der Waals surface area contributed by atoms with E-state index in [4.69, 9.17) is 0 Å². The lowest BCUT2D eigenvalue weighted by atomic mass is 10.2. The summed E-state index contributed by atoms with van der Waals surface area (Å²) in [6, 6.07) is 1.48. The van der Waals surface area contributed by atoms with Crippen LogP contribution in [0.15, 0.2) is 12.1 Å². The molecule has 0 fully saturated rings. The SMILES string of the molecule is CC(=O)NCC#Cc1c(F)ccc(F)c1F. The molecular formula is C11H8F3NO. The Morgan fingerprint density at radius 1 is 1.31 bits per heavy atom. The number of benzene rings is 1. The summed E-state index contributed by atoms with van der Waals surface area (Å²) in [6.45, 7) is 1.23. The van der Waals surface area contributed by atoms with E-state index in [1.807, 2.05) is 0 Å². The van der Waals surface area contributed by atoms with Gasteiger partial charge in [-0.1, -0.05) is 11.8 Å². The van der Waals surface area contributed by atoms with Gasteiger partial charge < -0.3 is 5.32 Å². The molecule has 0 unspecified atom stereocenters. The molecule has 0 heterocycles. The zero-order valence-corrected chi connectivity index (χ0v) is 8.40. The van der Waals surface area contributed by atoms with Gasteiger partial charge in [-0.05, 0) is 12.1 Å². The highest BCUT2D eigenvalue weighted by atomic mass is 19.2. The van der Waals surface area contributed by atoms with Crippen molar-refractivity contribution < 1.29 is 18.0 Å². The number of amides is 1. The first-order valence-electron chi connectivity index (χ1n) is 4.39. The number of carbonyl (C=O) groups excluding carboxylic acids is 1. The summed E-state index contributed by atoms with van der Waals surface area (Å²) in [4.78, 5) is 10.5. The average Bonchev–Trinajstić information content (AvgIpc) is 2.22. The maximum atomic E-state index is 13.0. The average molecular weight is 227 g/mol. The molecule has 0 saturated carbocycles. The normalized spacial score (nSPS) is 9.25. The molecule has 1 aromatic rings. The fourth-order valence-corrected chi connectivity index (χ4v) is 0.943. The summed E-state index contributed by atoms with van der Waals surface area (Å²) in [7, 11) is 0. The minimum Gasteiger partial charge on any atom is -0.345 e. The van der Waals surface area contributed by atoms with Crippen LogP contribution < -0.4 is 5.32 Å². The van der Waals surface area contributed by atoms with Crippen LogP contribution in [0.4, 0.5) is 13.2 Å². The Hall–Kier alpha value is -1.96. The van der Waals surface area contributed by atoms with Gasteiger partial charge in [0.1, 0.15) is 5.82 Å². The molecule has 0 aliphatic rings. The molecule has 0 bridgehead atoms. The van der Waals surface area contributed by atoms with Crippen molar-refractivity contribution in [3.05, 3.63) is 35.1 Å². The molecule has 1 N–H and O–H groups in total. The van der Waals surface area contributed by atoms with E-state index < -0.39 is 23.0 Å². The predicted octanol–water partition coefficient (Wildman–Crippen LogP) is 1.59. The molecule has 0 spiro atoms. The summed E-state index contributed by atoms with van der Waals surface area (Å²) < 4.78 is 38.8. The zero-order valence-electron chi connectivity index (χ0n) is 8.40. The van der Waals surface area contributed by atoms with Crippen LogP contribution in [-0.4, -0.2) is 12.5 Å². The molecule has 16 heavy (non-hydrogen) atoms. The van der Waals surface area contributed by atoms with Crippen LogP contribution in [-0.2, 0) is 4.79 Å². The van der Waals surface area contributed by atoms with Gasteiger partial charge in [0.25, 0.3) is 0 Å². The van der Waals surface area contributed by atoms with Crippen LogP contribution in [0.5, 0.6) is 0 Å². The Kier molecular flexibility index (Phi) is 3.95. The monoisotopic (exact) mass is 227 g/mol. The maximum Gasteiger partial charge on any atom is 0.217 e. The largest absolute Gasteiger partial charge is 0.345 e. The summed E-state index contributed by atoms with van der Waals surface area (Å²) >= 11 is 0. The number of hydrogen-bond donors (Lipinski definition) is 1.